The van der Waals surface area contributed by atoms with Crippen LogP contribution in [0.4, 0.5) is 0 Å². The number of ether oxygens (including phenoxy) is 2. The molecule has 0 spiro atoms. The molecule has 3 heterocycles. The average Bonchev–Trinajstić information content (AvgIpc) is 3.24. The first-order chi connectivity index (χ1) is 13.4. The molecule has 28 heavy (non-hydrogen) atoms. The fourth-order valence-electron chi connectivity index (χ4n) is 4.25. The maximum Gasteiger partial charge on any atom is 0.277 e. The molecule has 0 bridgehead atoms. The number of halogens is 1. The zero-order chi connectivity index (χ0) is 19.8. The summed E-state index contributed by atoms with van der Waals surface area (Å²) in [7, 11) is 0. The number of carbonyl (C=O) groups is 2. The third-order valence-electron chi connectivity index (χ3n) is 5.42. The zero-order valence-corrected chi connectivity index (χ0v) is 16.9. The van der Waals surface area contributed by atoms with Crippen molar-refractivity contribution in [3.05, 3.63) is 40.5 Å². The topological polar surface area (TPSA) is 59.1 Å². The molecule has 0 radical (unpaired) electrons. The lowest BCUT2D eigenvalue weighted by Gasteiger charge is -2.37. The molecule has 2 fully saturated rings. The lowest BCUT2D eigenvalue weighted by atomic mass is 10.0. The lowest BCUT2D eigenvalue weighted by Crippen LogP contribution is -2.47. The fourth-order valence-corrected chi connectivity index (χ4v) is 4.38. The summed E-state index contributed by atoms with van der Waals surface area (Å²) in [6.07, 6.45) is 1.72. The highest BCUT2D eigenvalue weighted by Crippen LogP contribution is 2.34. The molecule has 7 heteroatoms. The van der Waals surface area contributed by atoms with Gasteiger partial charge in [0.2, 0.25) is 0 Å². The minimum absolute atomic E-state index is 0.0159. The average molecular weight is 405 g/mol. The summed E-state index contributed by atoms with van der Waals surface area (Å²) in [5.41, 5.74) is 1.62. The molecular weight excluding hydrogens is 380 g/mol. The van der Waals surface area contributed by atoms with Crippen LogP contribution in [-0.4, -0.2) is 66.2 Å². The second-order valence-corrected chi connectivity index (χ2v) is 8.19. The molecule has 2 amide bonds. The molecule has 3 atom stereocenters. The summed E-state index contributed by atoms with van der Waals surface area (Å²) >= 11 is 6.03. The molecule has 1 aromatic carbocycles. The molecule has 0 saturated carbocycles. The Kier molecular flexibility index (Phi) is 5.45. The Hall–Kier alpha value is -1.89. The van der Waals surface area contributed by atoms with Gasteiger partial charge in [0.15, 0.2) is 0 Å². The first kappa shape index (κ1) is 19.4. The van der Waals surface area contributed by atoms with Gasteiger partial charge in [-0.3, -0.25) is 14.5 Å². The van der Waals surface area contributed by atoms with Crippen LogP contribution >= 0.6 is 11.6 Å². The third-order valence-corrected chi connectivity index (χ3v) is 5.67. The fraction of sp³-hybridized carbons (Fsp3) is 0.524. The molecule has 0 N–H and O–H groups in total. The Balaban J connectivity index is 1.72. The van der Waals surface area contributed by atoms with E-state index in [0.29, 0.717) is 48.1 Å². The highest BCUT2D eigenvalue weighted by molar-refractivity contribution is 6.36. The molecule has 4 rings (SSSR count). The number of morpholine rings is 1. The van der Waals surface area contributed by atoms with E-state index in [-0.39, 0.29) is 30.1 Å². The van der Waals surface area contributed by atoms with Crippen molar-refractivity contribution in [1.82, 2.24) is 9.80 Å². The van der Waals surface area contributed by atoms with Gasteiger partial charge < -0.3 is 14.4 Å². The second-order valence-electron chi connectivity index (χ2n) is 7.75. The molecule has 1 aromatic rings. The standard InChI is InChI=1S/C21H25ClN2O4/c1-13-10-23(11-14(2)28-13)19-18(15-5-7-16(22)8-6-15)20(25)24(21(19)26)12-17-4-3-9-27-17/h5-8,13-14,17H,3-4,9-12H2,1-2H3. The van der Waals surface area contributed by atoms with Gasteiger partial charge in [0.05, 0.1) is 30.4 Å². The van der Waals surface area contributed by atoms with Crippen molar-refractivity contribution in [2.24, 2.45) is 0 Å². The van der Waals surface area contributed by atoms with Crippen LogP contribution in [0.25, 0.3) is 5.57 Å². The van der Waals surface area contributed by atoms with Crippen LogP contribution in [0.1, 0.15) is 32.3 Å². The minimum atomic E-state index is -0.260. The van der Waals surface area contributed by atoms with E-state index in [0.717, 1.165) is 12.8 Å². The summed E-state index contributed by atoms with van der Waals surface area (Å²) in [5, 5.41) is 0.590. The van der Waals surface area contributed by atoms with Crippen molar-refractivity contribution in [1.29, 1.82) is 0 Å². The molecule has 2 saturated heterocycles. The Labute approximate surface area is 170 Å². The van der Waals surface area contributed by atoms with E-state index in [9.17, 15) is 9.59 Å². The number of hydrogen-bond donors (Lipinski definition) is 0. The van der Waals surface area contributed by atoms with Gasteiger partial charge >= 0.3 is 0 Å². The minimum Gasteiger partial charge on any atom is -0.376 e. The van der Waals surface area contributed by atoms with Gasteiger partial charge in [0.1, 0.15) is 5.70 Å². The first-order valence-corrected chi connectivity index (χ1v) is 10.2. The van der Waals surface area contributed by atoms with E-state index >= 15 is 0 Å². The van der Waals surface area contributed by atoms with Crippen LogP contribution in [0.3, 0.4) is 0 Å². The monoisotopic (exact) mass is 404 g/mol. The Morgan fingerprint density at radius 1 is 1.07 bits per heavy atom. The van der Waals surface area contributed by atoms with Crippen molar-refractivity contribution < 1.29 is 19.1 Å². The summed E-state index contributed by atoms with van der Waals surface area (Å²) in [6.45, 7) is 6.09. The molecule has 150 valence electrons. The predicted molar refractivity (Wildman–Crippen MR) is 106 cm³/mol. The maximum absolute atomic E-state index is 13.4. The van der Waals surface area contributed by atoms with Gasteiger partial charge in [-0.1, -0.05) is 23.7 Å². The number of hydrogen-bond acceptors (Lipinski definition) is 5. The predicted octanol–water partition coefficient (Wildman–Crippen LogP) is 2.71. The summed E-state index contributed by atoms with van der Waals surface area (Å²) in [5.74, 6) is -0.503. The molecule has 0 aliphatic carbocycles. The van der Waals surface area contributed by atoms with Gasteiger partial charge in [0, 0.05) is 24.7 Å². The smallest absolute Gasteiger partial charge is 0.277 e. The second kappa shape index (κ2) is 7.85. The number of nitrogens with zero attached hydrogens (tertiary/aromatic N) is 2. The third kappa shape index (κ3) is 3.69. The Morgan fingerprint density at radius 3 is 2.36 bits per heavy atom. The van der Waals surface area contributed by atoms with Gasteiger partial charge in [0.25, 0.3) is 11.8 Å². The first-order valence-electron chi connectivity index (χ1n) is 9.82. The highest BCUT2D eigenvalue weighted by atomic mass is 35.5. The van der Waals surface area contributed by atoms with Crippen molar-refractivity contribution in [2.45, 2.75) is 45.0 Å². The molecule has 3 aliphatic heterocycles. The van der Waals surface area contributed by atoms with Crippen LogP contribution in [0.5, 0.6) is 0 Å². The van der Waals surface area contributed by atoms with Crippen LogP contribution in [0, 0.1) is 0 Å². The van der Waals surface area contributed by atoms with Crippen LogP contribution in [-0.2, 0) is 19.1 Å². The van der Waals surface area contributed by atoms with Crippen molar-refractivity contribution in [3.8, 4) is 0 Å². The Bertz CT molecular complexity index is 791. The lowest BCUT2D eigenvalue weighted by molar-refractivity contribution is -0.140. The van der Waals surface area contributed by atoms with E-state index in [1.54, 1.807) is 24.3 Å². The number of amides is 2. The largest absolute Gasteiger partial charge is 0.376 e. The molecular formula is C21H25ClN2O4. The van der Waals surface area contributed by atoms with Crippen molar-refractivity contribution in [3.63, 3.8) is 0 Å². The van der Waals surface area contributed by atoms with Crippen molar-refractivity contribution >= 4 is 29.0 Å². The molecule has 6 nitrogen and oxygen atoms in total. The normalized spacial score (nSPS) is 28.6. The van der Waals surface area contributed by atoms with Gasteiger partial charge in [-0.05, 0) is 44.4 Å². The summed E-state index contributed by atoms with van der Waals surface area (Å²) in [6, 6.07) is 7.08. The van der Waals surface area contributed by atoms with Crippen LogP contribution in [0.15, 0.2) is 30.0 Å². The number of benzene rings is 1. The molecule has 0 aromatic heterocycles. The quantitative estimate of drug-likeness (QED) is 0.722. The number of carbonyl (C=O) groups excluding carboxylic acids is 2. The SMILES string of the molecule is CC1CN(C2=C(c3ccc(Cl)cc3)C(=O)N(CC3CCCO3)C2=O)CC(C)O1. The van der Waals surface area contributed by atoms with E-state index in [1.165, 1.54) is 4.90 Å². The Morgan fingerprint density at radius 2 is 1.75 bits per heavy atom. The zero-order valence-electron chi connectivity index (χ0n) is 16.2. The van der Waals surface area contributed by atoms with Gasteiger partial charge in [-0.25, -0.2) is 0 Å². The summed E-state index contributed by atoms with van der Waals surface area (Å²) < 4.78 is 11.5. The van der Waals surface area contributed by atoms with E-state index in [1.807, 2.05) is 18.7 Å². The van der Waals surface area contributed by atoms with E-state index in [2.05, 4.69) is 0 Å². The summed E-state index contributed by atoms with van der Waals surface area (Å²) in [4.78, 5) is 30.0. The van der Waals surface area contributed by atoms with E-state index < -0.39 is 0 Å². The number of rotatable bonds is 4. The molecule has 3 aliphatic rings. The van der Waals surface area contributed by atoms with E-state index in [4.69, 9.17) is 21.1 Å². The maximum atomic E-state index is 13.4. The van der Waals surface area contributed by atoms with Gasteiger partial charge in [-0.2, -0.15) is 0 Å². The van der Waals surface area contributed by atoms with Crippen molar-refractivity contribution in [2.75, 3.05) is 26.2 Å². The van der Waals surface area contributed by atoms with Gasteiger partial charge in [-0.15, -0.1) is 0 Å². The van der Waals surface area contributed by atoms with Crippen LogP contribution in [0.2, 0.25) is 5.02 Å². The molecule has 3 unspecified atom stereocenters. The van der Waals surface area contributed by atoms with Crippen LogP contribution < -0.4 is 0 Å². The number of imide groups is 1. The highest BCUT2D eigenvalue weighted by Gasteiger charge is 2.44.